The predicted octanol–water partition coefficient (Wildman–Crippen LogP) is 0.170. The third kappa shape index (κ3) is 7.96. The first-order valence-corrected chi connectivity index (χ1v) is 7.20. The summed E-state index contributed by atoms with van der Waals surface area (Å²) in [5.41, 5.74) is -0.713. The van der Waals surface area contributed by atoms with Gasteiger partial charge in [-0.3, -0.25) is 4.79 Å². The molecule has 1 rings (SSSR count). The van der Waals surface area contributed by atoms with E-state index in [1.165, 1.54) is 6.20 Å². The van der Waals surface area contributed by atoms with Gasteiger partial charge in [-0.1, -0.05) is 0 Å². The number of rotatable bonds is 8. The van der Waals surface area contributed by atoms with E-state index >= 15 is 0 Å². The summed E-state index contributed by atoms with van der Waals surface area (Å²) in [7, 11) is 0. The van der Waals surface area contributed by atoms with E-state index in [9.17, 15) is 19.7 Å². The Morgan fingerprint density at radius 3 is 2.71 bits per heavy atom. The van der Waals surface area contributed by atoms with Gasteiger partial charge < -0.3 is 25.2 Å². The molecule has 24 heavy (non-hydrogen) atoms. The second-order valence-corrected chi connectivity index (χ2v) is 5.79. The molecule has 0 spiro atoms. The molecule has 0 bridgehead atoms. The van der Waals surface area contributed by atoms with Crippen LogP contribution >= 0.6 is 0 Å². The van der Waals surface area contributed by atoms with Crippen molar-refractivity contribution >= 4 is 12.0 Å². The molecule has 0 aliphatic heterocycles. The summed E-state index contributed by atoms with van der Waals surface area (Å²) >= 11 is 0. The van der Waals surface area contributed by atoms with Crippen LogP contribution in [0, 0.1) is 10.1 Å². The Morgan fingerprint density at radius 1 is 1.46 bits per heavy atom. The molecule has 2 amide bonds. The molecule has 0 unspecified atom stereocenters. The molecule has 0 aromatic carbocycles. The Kier molecular flexibility index (Phi) is 6.96. The summed E-state index contributed by atoms with van der Waals surface area (Å²) in [4.78, 5) is 45.0. The number of aromatic nitrogens is 2. The maximum Gasteiger partial charge on any atom is 0.408 e. The van der Waals surface area contributed by atoms with Gasteiger partial charge in [-0.25, -0.2) is 9.78 Å². The van der Waals surface area contributed by atoms with Gasteiger partial charge in [0.25, 0.3) is 5.09 Å². The number of alkyl carbamates (subject to hydrolysis) is 1. The van der Waals surface area contributed by atoms with E-state index in [2.05, 4.69) is 25.4 Å². The van der Waals surface area contributed by atoms with Crippen LogP contribution in [-0.2, 0) is 20.8 Å². The van der Waals surface area contributed by atoms with Crippen molar-refractivity contribution in [3.8, 4) is 0 Å². The zero-order valence-electron chi connectivity index (χ0n) is 13.7. The number of hydrogen-bond acceptors (Lipinski definition) is 7. The average molecular weight is 343 g/mol. The van der Waals surface area contributed by atoms with Crippen molar-refractivity contribution in [1.29, 1.82) is 0 Å². The smallest absolute Gasteiger partial charge is 0.408 e. The van der Waals surface area contributed by atoms with Crippen LogP contribution in [0.1, 0.15) is 26.6 Å². The second kappa shape index (κ2) is 8.70. The highest BCUT2D eigenvalue weighted by molar-refractivity contribution is 5.85. The number of carbonyl (C=O) groups is 2. The molecule has 0 saturated heterocycles. The predicted molar refractivity (Wildman–Crippen MR) is 81.4 cm³/mol. The number of hydrogen-bond donors (Lipinski definition) is 3. The lowest BCUT2D eigenvalue weighted by atomic mass is 10.2. The van der Waals surface area contributed by atoms with Crippen LogP contribution in [0.15, 0.2) is 12.4 Å². The van der Waals surface area contributed by atoms with Gasteiger partial charge in [-0.2, -0.15) is 0 Å². The normalized spacial score (nSPS) is 12.1. The lowest BCUT2D eigenvalue weighted by molar-refractivity contribution is -0.757. The summed E-state index contributed by atoms with van der Waals surface area (Å²) in [6.07, 6.45) is 2.45. The van der Waals surface area contributed by atoms with E-state index in [-0.39, 0.29) is 19.6 Å². The lowest BCUT2D eigenvalue weighted by Crippen LogP contribution is -2.50. The number of amides is 2. The SMILES string of the molecule is CC(C)(C)OC(=O)N[C@@H](Cc1ncc[nH]1)C(=O)NCCO[N+](=O)[O-]. The second-order valence-electron chi connectivity index (χ2n) is 5.79. The Labute approximate surface area is 138 Å². The molecule has 1 atom stereocenters. The Balaban J connectivity index is 2.61. The van der Waals surface area contributed by atoms with Crippen molar-refractivity contribution in [2.24, 2.45) is 0 Å². The number of aromatic amines is 1. The molecule has 1 heterocycles. The van der Waals surface area contributed by atoms with Gasteiger partial charge in [-0.15, -0.1) is 10.1 Å². The molecule has 134 valence electrons. The Morgan fingerprint density at radius 2 is 2.17 bits per heavy atom. The van der Waals surface area contributed by atoms with Crippen molar-refractivity contribution in [2.45, 2.75) is 38.8 Å². The average Bonchev–Trinajstić information content (AvgIpc) is 2.93. The highest BCUT2D eigenvalue weighted by Crippen LogP contribution is 2.07. The summed E-state index contributed by atoms with van der Waals surface area (Å²) in [5.74, 6) is -0.0445. The van der Waals surface area contributed by atoms with Gasteiger partial charge >= 0.3 is 6.09 Å². The lowest BCUT2D eigenvalue weighted by Gasteiger charge is -2.23. The van der Waals surface area contributed by atoms with Crippen LogP contribution in [0.4, 0.5) is 4.79 Å². The molecule has 0 fully saturated rings. The quantitative estimate of drug-likeness (QED) is 0.346. The fourth-order valence-corrected chi connectivity index (χ4v) is 1.68. The summed E-state index contributed by atoms with van der Waals surface area (Å²) < 4.78 is 5.12. The van der Waals surface area contributed by atoms with E-state index in [4.69, 9.17) is 4.74 Å². The zero-order chi connectivity index (χ0) is 18.2. The number of imidazole rings is 1. The van der Waals surface area contributed by atoms with Crippen molar-refractivity contribution in [2.75, 3.05) is 13.2 Å². The summed E-state index contributed by atoms with van der Waals surface area (Å²) in [6, 6.07) is -0.957. The third-order valence-corrected chi connectivity index (χ3v) is 2.56. The molecule has 0 saturated carbocycles. The molecular formula is C13H21N5O6. The van der Waals surface area contributed by atoms with Gasteiger partial charge in [0.1, 0.15) is 24.1 Å². The van der Waals surface area contributed by atoms with E-state index in [1.807, 2.05) is 0 Å². The first kappa shape index (κ1) is 19.2. The minimum atomic E-state index is -0.957. The van der Waals surface area contributed by atoms with Crippen LogP contribution < -0.4 is 10.6 Å². The van der Waals surface area contributed by atoms with Crippen LogP contribution in [-0.4, -0.2) is 51.8 Å². The third-order valence-electron chi connectivity index (χ3n) is 2.56. The molecule has 0 aliphatic carbocycles. The minimum absolute atomic E-state index is 0.0789. The molecule has 11 heteroatoms. The fourth-order valence-electron chi connectivity index (χ4n) is 1.68. The molecule has 11 nitrogen and oxygen atoms in total. The van der Waals surface area contributed by atoms with Gasteiger partial charge in [-0.05, 0) is 20.8 Å². The van der Waals surface area contributed by atoms with E-state index in [0.717, 1.165) is 0 Å². The number of carbonyl (C=O) groups excluding carboxylic acids is 2. The number of nitrogens with one attached hydrogen (secondary N) is 3. The van der Waals surface area contributed by atoms with Crippen molar-refractivity contribution in [1.82, 2.24) is 20.6 Å². The largest absolute Gasteiger partial charge is 0.444 e. The van der Waals surface area contributed by atoms with Crippen molar-refractivity contribution in [3.05, 3.63) is 28.3 Å². The topological polar surface area (TPSA) is 148 Å². The van der Waals surface area contributed by atoms with Crippen LogP contribution in [0.3, 0.4) is 0 Å². The summed E-state index contributed by atoms with van der Waals surface area (Å²) in [6.45, 7) is 4.72. The van der Waals surface area contributed by atoms with Crippen LogP contribution in [0.5, 0.6) is 0 Å². The van der Waals surface area contributed by atoms with Crippen molar-refractivity contribution in [3.63, 3.8) is 0 Å². The van der Waals surface area contributed by atoms with Crippen LogP contribution in [0.2, 0.25) is 0 Å². The Hall–Kier alpha value is -2.85. The number of ether oxygens (including phenoxy) is 1. The molecule has 1 aromatic heterocycles. The summed E-state index contributed by atoms with van der Waals surface area (Å²) in [5, 5.41) is 14.0. The highest BCUT2D eigenvalue weighted by atomic mass is 16.9. The number of H-pyrrole nitrogens is 1. The van der Waals surface area contributed by atoms with Crippen molar-refractivity contribution < 1.29 is 24.3 Å². The van der Waals surface area contributed by atoms with Gasteiger partial charge in [0.15, 0.2) is 0 Å². The van der Waals surface area contributed by atoms with Gasteiger partial charge in [0.05, 0.1) is 0 Å². The Bertz CT molecular complexity index is 554. The number of nitrogens with zero attached hydrogens (tertiary/aromatic N) is 2. The molecular weight excluding hydrogens is 322 g/mol. The van der Waals surface area contributed by atoms with E-state index in [1.54, 1.807) is 27.0 Å². The monoisotopic (exact) mass is 343 g/mol. The molecule has 0 radical (unpaired) electrons. The maximum absolute atomic E-state index is 12.2. The molecule has 1 aromatic rings. The highest BCUT2D eigenvalue weighted by Gasteiger charge is 2.25. The first-order chi connectivity index (χ1) is 11.2. The zero-order valence-corrected chi connectivity index (χ0v) is 13.7. The van der Waals surface area contributed by atoms with Crippen LogP contribution in [0.25, 0.3) is 0 Å². The molecule has 3 N–H and O–H groups in total. The standard InChI is InChI=1S/C13H21N5O6/c1-13(2,3)24-12(20)17-9(8-10-14-4-5-15-10)11(19)16-6-7-23-18(21)22/h4-5,9H,6-8H2,1-3H3,(H,14,15)(H,16,19)(H,17,20)/t9-/m0/s1. The van der Waals surface area contributed by atoms with Gasteiger partial charge in [0, 0.05) is 25.4 Å². The molecule has 0 aliphatic rings. The van der Waals surface area contributed by atoms with E-state index in [0.29, 0.717) is 5.82 Å². The van der Waals surface area contributed by atoms with Gasteiger partial charge in [0.2, 0.25) is 5.91 Å². The van der Waals surface area contributed by atoms with E-state index < -0.39 is 28.7 Å². The minimum Gasteiger partial charge on any atom is -0.444 e. The first-order valence-electron chi connectivity index (χ1n) is 7.20. The maximum atomic E-state index is 12.2. The fraction of sp³-hybridized carbons (Fsp3) is 0.615.